The monoisotopic (exact) mass is 429 g/mol. The SMILES string of the molecule is CC(C)CN(Cc1cccc(OS(C)(=O)=O)c1)C(=O)c1ccc(Cl)c(Cl)c1. The van der Waals surface area contributed by atoms with Crippen molar-refractivity contribution >= 4 is 39.2 Å². The highest BCUT2D eigenvalue weighted by molar-refractivity contribution is 7.86. The molecule has 0 aliphatic heterocycles. The Morgan fingerprint density at radius 2 is 1.81 bits per heavy atom. The third kappa shape index (κ3) is 6.72. The number of carbonyl (C=O) groups excluding carboxylic acids is 1. The lowest BCUT2D eigenvalue weighted by molar-refractivity contribution is 0.0722. The number of nitrogens with zero attached hydrogens (tertiary/aromatic N) is 1. The van der Waals surface area contributed by atoms with E-state index < -0.39 is 10.1 Å². The van der Waals surface area contributed by atoms with Crippen LogP contribution in [0.5, 0.6) is 5.75 Å². The van der Waals surface area contributed by atoms with Crippen LogP contribution in [0.4, 0.5) is 0 Å². The van der Waals surface area contributed by atoms with Gasteiger partial charge in [-0.25, -0.2) is 0 Å². The molecule has 0 unspecified atom stereocenters. The molecular weight excluding hydrogens is 409 g/mol. The Morgan fingerprint density at radius 1 is 1.11 bits per heavy atom. The number of hydrogen-bond donors (Lipinski definition) is 0. The standard InChI is InChI=1S/C19H21Cl2NO4S/c1-13(2)11-22(19(23)15-7-8-17(20)18(21)10-15)12-14-5-4-6-16(9-14)26-27(3,24)25/h4-10,13H,11-12H2,1-3H3. The molecule has 0 aliphatic rings. The van der Waals surface area contributed by atoms with Gasteiger partial charge in [0.25, 0.3) is 5.91 Å². The fourth-order valence-corrected chi connectivity index (χ4v) is 3.31. The van der Waals surface area contributed by atoms with Crippen LogP contribution in [0.3, 0.4) is 0 Å². The van der Waals surface area contributed by atoms with Crippen LogP contribution in [0.2, 0.25) is 10.0 Å². The van der Waals surface area contributed by atoms with Crippen molar-refractivity contribution in [3.05, 3.63) is 63.6 Å². The molecule has 0 saturated heterocycles. The molecule has 0 atom stereocenters. The van der Waals surface area contributed by atoms with E-state index in [1.807, 2.05) is 19.9 Å². The summed E-state index contributed by atoms with van der Waals surface area (Å²) in [5.41, 5.74) is 1.19. The number of benzene rings is 2. The molecule has 0 saturated carbocycles. The summed E-state index contributed by atoms with van der Waals surface area (Å²) in [7, 11) is -3.62. The molecule has 27 heavy (non-hydrogen) atoms. The molecule has 5 nitrogen and oxygen atoms in total. The second-order valence-electron chi connectivity index (χ2n) is 6.64. The number of halogens is 2. The quantitative estimate of drug-likeness (QED) is 0.601. The van der Waals surface area contributed by atoms with Gasteiger partial charge in [-0.1, -0.05) is 49.2 Å². The van der Waals surface area contributed by atoms with Gasteiger partial charge in [-0.2, -0.15) is 8.42 Å². The van der Waals surface area contributed by atoms with Gasteiger partial charge in [-0.05, 0) is 41.8 Å². The Labute approximate surface area is 170 Å². The topological polar surface area (TPSA) is 63.7 Å². The summed E-state index contributed by atoms with van der Waals surface area (Å²) in [4.78, 5) is 14.6. The van der Waals surface area contributed by atoms with Crippen LogP contribution in [0.15, 0.2) is 42.5 Å². The van der Waals surface area contributed by atoms with Gasteiger partial charge in [0.05, 0.1) is 16.3 Å². The summed E-state index contributed by atoms with van der Waals surface area (Å²) < 4.78 is 27.6. The summed E-state index contributed by atoms with van der Waals surface area (Å²) >= 11 is 12.0. The van der Waals surface area contributed by atoms with Gasteiger partial charge in [0, 0.05) is 18.7 Å². The normalized spacial score (nSPS) is 11.5. The highest BCUT2D eigenvalue weighted by Crippen LogP contribution is 2.24. The maximum absolute atomic E-state index is 13.0. The summed E-state index contributed by atoms with van der Waals surface area (Å²) in [6.07, 6.45) is 0.985. The van der Waals surface area contributed by atoms with E-state index in [9.17, 15) is 13.2 Å². The molecule has 2 aromatic carbocycles. The Morgan fingerprint density at radius 3 is 2.41 bits per heavy atom. The van der Waals surface area contributed by atoms with Crippen LogP contribution < -0.4 is 4.18 Å². The Kier molecular flexibility index (Phi) is 7.14. The third-order valence-corrected chi connectivity index (χ3v) is 4.79. The smallest absolute Gasteiger partial charge is 0.306 e. The molecule has 0 aromatic heterocycles. The molecule has 0 heterocycles. The molecule has 2 rings (SSSR count). The second kappa shape index (κ2) is 8.95. The first kappa shape index (κ1) is 21.5. The van der Waals surface area contributed by atoms with Crippen molar-refractivity contribution in [2.24, 2.45) is 5.92 Å². The largest absolute Gasteiger partial charge is 0.383 e. The minimum atomic E-state index is -3.62. The van der Waals surface area contributed by atoms with E-state index in [0.29, 0.717) is 28.7 Å². The van der Waals surface area contributed by atoms with E-state index in [0.717, 1.165) is 11.8 Å². The zero-order valence-corrected chi connectivity index (χ0v) is 17.6. The Balaban J connectivity index is 2.27. The van der Waals surface area contributed by atoms with Crippen LogP contribution in [-0.2, 0) is 16.7 Å². The van der Waals surface area contributed by atoms with Crippen LogP contribution in [-0.4, -0.2) is 32.0 Å². The number of hydrogen-bond acceptors (Lipinski definition) is 4. The average Bonchev–Trinajstić information content (AvgIpc) is 2.54. The van der Waals surface area contributed by atoms with Gasteiger partial charge in [0.2, 0.25) is 0 Å². The molecule has 2 aromatic rings. The molecule has 0 fully saturated rings. The van der Waals surface area contributed by atoms with Crippen molar-refractivity contribution in [1.29, 1.82) is 0 Å². The Hall–Kier alpha value is -1.76. The van der Waals surface area contributed by atoms with Gasteiger partial charge in [-0.15, -0.1) is 0 Å². The molecule has 1 amide bonds. The van der Waals surface area contributed by atoms with Crippen LogP contribution in [0.25, 0.3) is 0 Å². The van der Waals surface area contributed by atoms with E-state index in [1.165, 1.54) is 0 Å². The summed E-state index contributed by atoms with van der Waals surface area (Å²) in [6, 6.07) is 11.4. The van der Waals surface area contributed by atoms with Crippen molar-refractivity contribution in [1.82, 2.24) is 4.90 Å². The van der Waals surface area contributed by atoms with Crippen molar-refractivity contribution in [3.63, 3.8) is 0 Å². The van der Waals surface area contributed by atoms with Gasteiger partial charge >= 0.3 is 10.1 Å². The van der Waals surface area contributed by atoms with Gasteiger partial charge in [0.15, 0.2) is 0 Å². The van der Waals surface area contributed by atoms with E-state index in [1.54, 1.807) is 41.3 Å². The molecule has 0 aliphatic carbocycles. The van der Waals surface area contributed by atoms with Crippen LogP contribution in [0.1, 0.15) is 29.8 Å². The molecule has 0 N–H and O–H groups in total. The first-order chi connectivity index (χ1) is 12.5. The predicted octanol–water partition coefficient (Wildman–Crippen LogP) is 4.63. The molecule has 0 radical (unpaired) electrons. The van der Waals surface area contributed by atoms with E-state index >= 15 is 0 Å². The average molecular weight is 430 g/mol. The summed E-state index contributed by atoms with van der Waals surface area (Å²) in [5.74, 6) is 0.269. The highest BCUT2D eigenvalue weighted by atomic mass is 35.5. The number of amides is 1. The molecular formula is C19H21Cl2NO4S. The zero-order chi connectivity index (χ0) is 20.2. The fraction of sp³-hybridized carbons (Fsp3) is 0.316. The van der Waals surface area contributed by atoms with Gasteiger partial charge in [0.1, 0.15) is 5.75 Å². The maximum atomic E-state index is 13.0. The van der Waals surface area contributed by atoms with Crippen molar-refractivity contribution in [2.45, 2.75) is 20.4 Å². The lowest BCUT2D eigenvalue weighted by Gasteiger charge is -2.25. The second-order valence-corrected chi connectivity index (χ2v) is 9.03. The lowest BCUT2D eigenvalue weighted by atomic mass is 10.1. The van der Waals surface area contributed by atoms with Crippen LogP contribution >= 0.6 is 23.2 Å². The highest BCUT2D eigenvalue weighted by Gasteiger charge is 2.19. The third-order valence-electron chi connectivity index (χ3n) is 3.56. The number of carbonyl (C=O) groups is 1. The minimum absolute atomic E-state index is 0.184. The van der Waals surface area contributed by atoms with Crippen molar-refractivity contribution in [2.75, 3.05) is 12.8 Å². The van der Waals surface area contributed by atoms with Gasteiger partial charge in [-0.3, -0.25) is 4.79 Å². The first-order valence-corrected chi connectivity index (χ1v) is 10.8. The zero-order valence-electron chi connectivity index (χ0n) is 15.3. The van der Waals surface area contributed by atoms with E-state index in [2.05, 4.69) is 0 Å². The molecule has 146 valence electrons. The van der Waals surface area contributed by atoms with Gasteiger partial charge < -0.3 is 9.08 Å². The molecule has 0 bridgehead atoms. The fourth-order valence-electron chi connectivity index (χ4n) is 2.56. The van der Waals surface area contributed by atoms with Crippen molar-refractivity contribution < 1.29 is 17.4 Å². The minimum Gasteiger partial charge on any atom is -0.383 e. The molecule has 8 heteroatoms. The van der Waals surface area contributed by atoms with E-state index in [4.69, 9.17) is 27.4 Å². The van der Waals surface area contributed by atoms with E-state index in [-0.39, 0.29) is 17.6 Å². The summed E-state index contributed by atoms with van der Waals surface area (Å²) in [5, 5.41) is 0.699. The Bertz CT molecular complexity index is 929. The lowest BCUT2D eigenvalue weighted by Crippen LogP contribution is -2.33. The van der Waals surface area contributed by atoms with Crippen LogP contribution in [0, 0.1) is 5.92 Å². The van der Waals surface area contributed by atoms with Crippen molar-refractivity contribution in [3.8, 4) is 5.75 Å². The maximum Gasteiger partial charge on any atom is 0.306 e. The first-order valence-electron chi connectivity index (χ1n) is 8.28. The molecule has 0 spiro atoms. The predicted molar refractivity (Wildman–Crippen MR) is 108 cm³/mol. The summed E-state index contributed by atoms with van der Waals surface area (Å²) in [6.45, 7) is 4.85. The number of rotatable bonds is 7.